The summed E-state index contributed by atoms with van der Waals surface area (Å²) in [6, 6.07) is 0. The minimum atomic E-state index is -0.489. The quantitative estimate of drug-likeness (QED) is 0.876. The van der Waals surface area contributed by atoms with Crippen molar-refractivity contribution in [1.82, 2.24) is 4.90 Å². The van der Waals surface area contributed by atoms with Crippen LogP contribution in [0.15, 0.2) is 0 Å². The molecular weight excluding hydrogens is 314 g/mol. The highest BCUT2D eigenvalue weighted by Crippen LogP contribution is 2.40. The van der Waals surface area contributed by atoms with Crippen LogP contribution in [-0.2, 0) is 22.6 Å². The predicted molar refractivity (Wildman–Crippen MR) is 89.7 cm³/mol. The Labute approximate surface area is 140 Å². The molecule has 0 bridgehead atoms. The SMILES string of the molecule is CC1(C)Cc2c(sc(NC(=O)CN3CCCC3)c2C(N)=O)CO1. The van der Waals surface area contributed by atoms with Crippen molar-refractivity contribution < 1.29 is 14.3 Å². The zero-order valence-corrected chi connectivity index (χ0v) is 14.4. The van der Waals surface area contributed by atoms with Gasteiger partial charge >= 0.3 is 0 Å². The maximum atomic E-state index is 12.3. The van der Waals surface area contributed by atoms with Crippen LogP contribution in [0.5, 0.6) is 0 Å². The Hall–Kier alpha value is -1.44. The average molecular weight is 337 g/mol. The second kappa shape index (κ2) is 6.22. The number of carbonyl (C=O) groups is 2. The van der Waals surface area contributed by atoms with Crippen LogP contribution in [0.25, 0.3) is 0 Å². The van der Waals surface area contributed by atoms with Crippen LogP contribution in [0.2, 0.25) is 0 Å². The number of anilines is 1. The summed E-state index contributed by atoms with van der Waals surface area (Å²) in [6.45, 7) is 6.71. The van der Waals surface area contributed by atoms with E-state index in [-0.39, 0.29) is 11.5 Å². The van der Waals surface area contributed by atoms with Gasteiger partial charge in [0, 0.05) is 11.3 Å². The van der Waals surface area contributed by atoms with E-state index in [1.54, 1.807) is 0 Å². The van der Waals surface area contributed by atoms with Crippen molar-refractivity contribution in [3.8, 4) is 0 Å². The Morgan fingerprint density at radius 2 is 2.04 bits per heavy atom. The molecule has 2 aliphatic rings. The normalized spacial score (nSPS) is 20.3. The van der Waals surface area contributed by atoms with Gasteiger partial charge in [-0.3, -0.25) is 14.5 Å². The highest BCUT2D eigenvalue weighted by atomic mass is 32.1. The topological polar surface area (TPSA) is 84.7 Å². The van der Waals surface area contributed by atoms with E-state index in [1.165, 1.54) is 11.3 Å². The standard InChI is InChI=1S/C16H23N3O3S/c1-16(2)7-10-11(9-22-16)23-15(13(10)14(17)21)18-12(20)8-19-5-3-4-6-19/h3-9H2,1-2H3,(H2,17,21)(H,18,20). The van der Waals surface area contributed by atoms with E-state index in [0.29, 0.717) is 30.1 Å². The summed E-state index contributed by atoms with van der Waals surface area (Å²) in [5.41, 5.74) is 6.63. The van der Waals surface area contributed by atoms with Crippen molar-refractivity contribution in [2.24, 2.45) is 5.73 Å². The average Bonchev–Trinajstić information content (AvgIpc) is 3.04. The van der Waals surface area contributed by atoms with Crippen LogP contribution < -0.4 is 11.1 Å². The highest BCUT2D eigenvalue weighted by molar-refractivity contribution is 7.17. The number of carbonyl (C=O) groups excluding carboxylic acids is 2. The van der Waals surface area contributed by atoms with Crippen molar-refractivity contribution in [1.29, 1.82) is 0 Å². The summed E-state index contributed by atoms with van der Waals surface area (Å²) in [7, 11) is 0. The third kappa shape index (κ3) is 3.57. The molecule has 23 heavy (non-hydrogen) atoms. The molecule has 0 saturated carbocycles. The van der Waals surface area contributed by atoms with E-state index in [0.717, 1.165) is 36.4 Å². The number of ether oxygens (including phenoxy) is 1. The maximum absolute atomic E-state index is 12.3. The number of hydrogen-bond acceptors (Lipinski definition) is 5. The fraction of sp³-hybridized carbons (Fsp3) is 0.625. The van der Waals surface area contributed by atoms with Gasteiger partial charge in [0.05, 0.1) is 24.3 Å². The lowest BCUT2D eigenvalue weighted by molar-refractivity contribution is -0.117. The maximum Gasteiger partial charge on any atom is 0.251 e. The molecule has 1 fully saturated rings. The minimum absolute atomic E-state index is 0.0897. The molecule has 0 unspecified atom stereocenters. The Bertz CT molecular complexity index is 633. The molecule has 0 atom stereocenters. The first-order chi connectivity index (χ1) is 10.9. The summed E-state index contributed by atoms with van der Waals surface area (Å²) < 4.78 is 5.79. The molecule has 1 aromatic heterocycles. The number of nitrogens with zero attached hydrogens (tertiary/aromatic N) is 1. The van der Waals surface area contributed by atoms with Gasteiger partial charge in [0.15, 0.2) is 0 Å². The second-order valence-electron chi connectivity index (χ2n) is 6.83. The molecular formula is C16H23N3O3S. The molecule has 0 aliphatic carbocycles. The van der Waals surface area contributed by atoms with Gasteiger partial charge in [-0.25, -0.2) is 0 Å². The largest absolute Gasteiger partial charge is 0.370 e. The molecule has 7 heteroatoms. The van der Waals surface area contributed by atoms with E-state index >= 15 is 0 Å². The number of likely N-dealkylation sites (tertiary alicyclic amines) is 1. The third-order valence-electron chi connectivity index (χ3n) is 4.35. The van der Waals surface area contributed by atoms with Gasteiger partial charge in [-0.05, 0) is 45.3 Å². The van der Waals surface area contributed by atoms with E-state index in [4.69, 9.17) is 10.5 Å². The van der Waals surface area contributed by atoms with Gasteiger partial charge in [0.1, 0.15) is 5.00 Å². The Kier molecular flexibility index (Phi) is 4.44. The fourth-order valence-corrected chi connectivity index (χ4v) is 4.36. The number of primary amides is 1. The molecule has 3 rings (SSSR count). The third-order valence-corrected chi connectivity index (χ3v) is 5.47. The molecule has 1 saturated heterocycles. The summed E-state index contributed by atoms with van der Waals surface area (Å²) in [6.07, 6.45) is 2.90. The van der Waals surface area contributed by atoms with Crippen LogP contribution in [0.1, 0.15) is 47.5 Å². The van der Waals surface area contributed by atoms with Crippen LogP contribution >= 0.6 is 11.3 Å². The van der Waals surface area contributed by atoms with E-state index in [2.05, 4.69) is 10.2 Å². The second-order valence-corrected chi connectivity index (χ2v) is 7.93. The number of amides is 2. The summed E-state index contributed by atoms with van der Waals surface area (Å²) in [4.78, 5) is 27.3. The number of hydrogen-bond donors (Lipinski definition) is 2. The summed E-state index contributed by atoms with van der Waals surface area (Å²) >= 11 is 1.40. The molecule has 126 valence electrons. The van der Waals surface area contributed by atoms with Crippen molar-refractivity contribution in [2.45, 2.75) is 45.3 Å². The molecule has 0 radical (unpaired) electrons. The zero-order valence-electron chi connectivity index (χ0n) is 13.6. The number of thiophene rings is 1. The monoisotopic (exact) mass is 337 g/mol. The van der Waals surface area contributed by atoms with Gasteiger partial charge < -0.3 is 15.8 Å². The van der Waals surface area contributed by atoms with Gasteiger partial charge in [-0.15, -0.1) is 11.3 Å². The predicted octanol–water partition coefficient (Wildman–Crippen LogP) is 1.73. The van der Waals surface area contributed by atoms with Gasteiger partial charge in [0.25, 0.3) is 5.91 Å². The van der Waals surface area contributed by atoms with Gasteiger partial charge in [-0.2, -0.15) is 0 Å². The summed E-state index contributed by atoms with van der Waals surface area (Å²) in [5.74, 6) is -0.579. The Balaban J connectivity index is 1.80. The molecule has 0 aromatic carbocycles. The lowest BCUT2D eigenvalue weighted by atomic mass is 9.93. The van der Waals surface area contributed by atoms with Crippen molar-refractivity contribution >= 4 is 28.2 Å². The summed E-state index contributed by atoms with van der Waals surface area (Å²) in [5, 5.41) is 3.45. The first kappa shape index (κ1) is 16.4. The van der Waals surface area contributed by atoms with Crippen molar-refractivity contribution in [3.05, 3.63) is 16.0 Å². The molecule has 3 heterocycles. The molecule has 3 N–H and O–H groups in total. The molecule has 6 nitrogen and oxygen atoms in total. The lowest BCUT2D eigenvalue weighted by Crippen LogP contribution is -2.33. The van der Waals surface area contributed by atoms with Gasteiger partial charge in [0.2, 0.25) is 5.91 Å². The Morgan fingerprint density at radius 1 is 1.35 bits per heavy atom. The number of rotatable bonds is 4. The Morgan fingerprint density at radius 3 is 2.70 bits per heavy atom. The van der Waals surface area contributed by atoms with E-state index in [9.17, 15) is 9.59 Å². The lowest BCUT2D eigenvalue weighted by Gasteiger charge is -2.30. The van der Waals surface area contributed by atoms with Crippen LogP contribution in [-0.4, -0.2) is 41.9 Å². The number of nitrogens with two attached hydrogens (primary N) is 1. The van der Waals surface area contributed by atoms with Crippen LogP contribution in [0.4, 0.5) is 5.00 Å². The van der Waals surface area contributed by atoms with Crippen molar-refractivity contribution in [3.63, 3.8) is 0 Å². The van der Waals surface area contributed by atoms with E-state index < -0.39 is 5.91 Å². The molecule has 2 aliphatic heterocycles. The molecule has 2 amide bonds. The zero-order chi connectivity index (χ0) is 16.6. The van der Waals surface area contributed by atoms with Gasteiger partial charge in [-0.1, -0.05) is 0 Å². The molecule has 0 spiro atoms. The number of fused-ring (bicyclic) bond motifs is 1. The highest BCUT2D eigenvalue weighted by Gasteiger charge is 2.33. The van der Waals surface area contributed by atoms with Crippen LogP contribution in [0.3, 0.4) is 0 Å². The first-order valence-corrected chi connectivity index (χ1v) is 8.78. The molecule has 1 aromatic rings. The number of nitrogens with one attached hydrogen (secondary N) is 1. The van der Waals surface area contributed by atoms with Crippen LogP contribution in [0, 0.1) is 0 Å². The van der Waals surface area contributed by atoms with E-state index in [1.807, 2.05) is 13.8 Å². The fourth-order valence-electron chi connectivity index (χ4n) is 3.21. The van der Waals surface area contributed by atoms with Crippen molar-refractivity contribution in [2.75, 3.05) is 25.0 Å². The first-order valence-electron chi connectivity index (χ1n) is 7.96. The minimum Gasteiger partial charge on any atom is -0.370 e. The smallest absolute Gasteiger partial charge is 0.251 e.